The first-order valence-electron chi connectivity index (χ1n) is 7.88. The average molecular weight is 365 g/mol. The van der Waals surface area contributed by atoms with E-state index in [-0.39, 0.29) is 24.8 Å². The van der Waals surface area contributed by atoms with E-state index >= 15 is 0 Å². The maximum absolute atomic E-state index is 5.61. The van der Waals surface area contributed by atoms with Crippen molar-refractivity contribution in [3.63, 3.8) is 0 Å². The molecule has 6 heteroatoms. The molecule has 23 heavy (non-hydrogen) atoms. The quantitative estimate of drug-likeness (QED) is 0.836. The number of benzene rings is 1. The van der Waals surface area contributed by atoms with Gasteiger partial charge in [0.25, 0.3) is 0 Å². The molecular weight excluding hydrogens is 335 g/mol. The van der Waals surface area contributed by atoms with E-state index in [2.05, 4.69) is 30.1 Å². The molecule has 1 fully saturated rings. The number of halogens is 2. The first-order valence-corrected chi connectivity index (χ1v) is 7.88. The van der Waals surface area contributed by atoms with Crippen LogP contribution in [0.3, 0.4) is 0 Å². The summed E-state index contributed by atoms with van der Waals surface area (Å²) in [4.78, 5) is 2.57. The molecule has 0 aliphatic carbocycles. The number of piperazine rings is 1. The smallest absolute Gasteiger partial charge is 0.123 e. The molecule has 1 aliphatic rings. The highest BCUT2D eigenvalue weighted by Gasteiger charge is 2.29. The SMILES string of the molecule is CCC(C)[C@H](c1cc(OC)ccc1OC)N1CCNCC1.Cl.Cl. The van der Waals surface area contributed by atoms with E-state index in [0.717, 1.165) is 44.1 Å². The van der Waals surface area contributed by atoms with Gasteiger partial charge >= 0.3 is 0 Å². The highest BCUT2D eigenvalue weighted by atomic mass is 35.5. The number of hydrogen-bond acceptors (Lipinski definition) is 4. The molecule has 1 N–H and O–H groups in total. The van der Waals surface area contributed by atoms with E-state index in [1.54, 1.807) is 14.2 Å². The molecule has 1 heterocycles. The Hall–Kier alpha value is -0.680. The minimum Gasteiger partial charge on any atom is -0.497 e. The lowest BCUT2D eigenvalue weighted by molar-refractivity contribution is 0.126. The fourth-order valence-electron chi connectivity index (χ4n) is 3.12. The Morgan fingerprint density at radius 2 is 1.78 bits per heavy atom. The van der Waals surface area contributed by atoms with Crippen molar-refractivity contribution in [2.24, 2.45) is 5.92 Å². The largest absolute Gasteiger partial charge is 0.497 e. The topological polar surface area (TPSA) is 33.7 Å². The van der Waals surface area contributed by atoms with E-state index in [4.69, 9.17) is 9.47 Å². The second-order valence-corrected chi connectivity index (χ2v) is 5.72. The number of ether oxygens (including phenoxy) is 2. The van der Waals surface area contributed by atoms with Crippen LogP contribution in [0.15, 0.2) is 18.2 Å². The summed E-state index contributed by atoms with van der Waals surface area (Å²) >= 11 is 0. The number of nitrogens with one attached hydrogen (secondary N) is 1. The van der Waals surface area contributed by atoms with Gasteiger partial charge in [-0.15, -0.1) is 24.8 Å². The summed E-state index contributed by atoms with van der Waals surface area (Å²) in [6.07, 6.45) is 1.15. The molecule has 0 amide bonds. The van der Waals surface area contributed by atoms with Crippen LogP contribution in [-0.2, 0) is 0 Å². The third kappa shape index (κ3) is 5.42. The van der Waals surface area contributed by atoms with Gasteiger partial charge in [-0.25, -0.2) is 0 Å². The van der Waals surface area contributed by atoms with Gasteiger partial charge in [0.1, 0.15) is 11.5 Å². The zero-order valence-electron chi connectivity index (χ0n) is 14.5. The average Bonchev–Trinajstić information content (AvgIpc) is 2.55. The van der Waals surface area contributed by atoms with Crippen LogP contribution in [0.4, 0.5) is 0 Å². The molecule has 2 rings (SSSR count). The van der Waals surface area contributed by atoms with Crippen molar-refractivity contribution in [1.82, 2.24) is 10.2 Å². The third-order valence-corrected chi connectivity index (χ3v) is 4.48. The van der Waals surface area contributed by atoms with E-state index in [1.807, 2.05) is 12.1 Å². The summed E-state index contributed by atoms with van der Waals surface area (Å²) in [5, 5.41) is 3.43. The van der Waals surface area contributed by atoms with Crippen molar-refractivity contribution in [2.45, 2.75) is 26.3 Å². The lowest BCUT2D eigenvalue weighted by Crippen LogP contribution is -2.46. The summed E-state index contributed by atoms with van der Waals surface area (Å²) < 4.78 is 11.0. The van der Waals surface area contributed by atoms with E-state index in [0.29, 0.717) is 12.0 Å². The molecule has 134 valence electrons. The van der Waals surface area contributed by atoms with Gasteiger partial charge in [0.2, 0.25) is 0 Å². The van der Waals surface area contributed by atoms with Gasteiger partial charge in [-0.2, -0.15) is 0 Å². The lowest BCUT2D eigenvalue weighted by Gasteiger charge is -2.39. The molecule has 0 radical (unpaired) electrons. The zero-order valence-corrected chi connectivity index (χ0v) is 16.1. The van der Waals surface area contributed by atoms with Gasteiger partial charge in [0.05, 0.1) is 14.2 Å². The maximum atomic E-state index is 5.61. The van der Waals surface area contributed by atoms with Crippen molar-refractivity contribution in [1.29, 1.82) is 0 Å². The number of methoxy groups -OCH3 is 2. The van der Waals surface area contributed by atoms with Gasteiger partial charge < -0.3 is 14.8 Å². The van der Waals surface area contributed by atoms with Crippen molar-refractivity contribution < 1.29 is 9.47 Å². The van der Waals surface area contributed by atoms with Crippen molar-refractivity contribution in [2.75, 3.05) is 40.4 Å². The molecular formula is C17H30Cl2N2O2. The Labute approximate surface area is 152 Å². The predicted octanol–water partition coefficient (Wildman–Crippen LogP) is 3.54. The van der Waals surface area contributed by atoms with Crippen molar-refractivity contribution in [3.8, 4) is 11.5 Å². The number of nitrogens with zero attached hydrogens (tertiary/aromatic N) is 1. The third-order valence-electron chi connectivity index (χ3n) is 4.48. The summed E-state index contributed by atoms with van der Waals surface area (Å²) in [6.45, 7) is 8.85. The molecule has 2 atom stereocenters. The van der Waals surface area contributed by atoms with E-state index in [1.165, 1.54) is 5.56 Å². The van der Waals surface area contributed by atoms with Gasteiger partial charge in [-0.1, -0.05) is 20.3 Å². The van der Waals surface area contributed by atoms with Crippen LogP contribution in [0.1, 0.15) is 31.9 Å². The molecule has 1 aromatic carbocycles. The molecule has 1 aromatic rings. The van der Waals surface area contributed by atoms with Crippen LogP contribution in [0.5, 0.6) is 11.5 Å². The van der Waals surface area contributed by atoms with Gasteiger partial charge in [-0.05, 0) is 24.1 Å². The highest BCUT2D eigenvalue weighted by molar-refractivity contribution is 5.85. The fourth-order valence-corrected chi connectivity index (χ4v) is 3.12. The Morgan fingerprint density at radius 3 is 2.30 bits per heavy atom. The van der Waals surface area contributed by atoms with Crippen LogP contribution in [0, 0.1) is 5.92 Å². The molecule has 0 saturated carbocycles. The first kappa shape index (κ1) is 22.3. The zero-order chi connectivity index (χ0) is 15.2. The number of rotatable bonds is 6. The minimum absolute atomic E-state index is 0. The van der Waals surface area contributed by atoms with Crippen molar-refractivity contribution in [3.05, 3.63) is 23.8 Å². The summed E-state index contributed by atoms with van der Waals surface area (Å²) in [5.41, 5.74) is 1.24. The Morgan fingerprint density at radius 1 is 1.13 bits per heavy atom. The molecule has 0 spiro atoms. The molecule has 1 saturated heterocycles. The molecule has 0 aromatic heterocycles. The van der Waals surface area contributed by atoms with Gasteiger partial charge in [0.15, 0.2) is 0 Å². The fraction of sp³-hybridized carbons (Fsp3) is 0.647. The van der Waals surface area contributed by atoms with Crippen LogP contribution in [-0.4, -0.2) is 45.3 Å². The standard InChI is InChI=1S/C17H28N2O2.2ClH/c1-5-13(2)17(19-10-8-18-9-11-19)15-12-14(20-3)6-7-16(15)21-4;;/h6-7,12-13,17-18H,5,8-11H2,1-4H3;2*1H/t13?,17-;;/m1../s1. The molecule has 4 nitrogen and oxygen atoms in total. The minimum atomic E-state index is 0. The summed E-state index contributed by atoms with van der Waals surface area (Å²) in [7, 11) is 3.46. The summed E-state index contributed by atoms with van der Waals surface area (Å²) in [6, 6.07) is 6.50. The lowest BCUT2D eigenvalue weighted by atomic mass is 9.89. The number of hydrogen-bond donors (Lipinski definition) is 1. The van der Waals surface area contributed by atoms with Crippen LogP contribution in [0.2, 0.25) is 0 Å². The molecule has 1 unspecified atom stereocenters. The second kappa shape index (κ2) is 11.0. The predicted molar refractivity (Wildman–Crippen MR) is 101 cm³/mol. The van der Waals surface area contributed by atoms with E-state index in [9.17, 15) is 0 Å². The first-order chi connectivity index (χ1) is 10.2. The van der Waals surface area contributed by atoms with Crippen LogP contribution >= 0.6 is 24.8 Å². The Bertz CT molecular complexity index is 454. The maximum Gasteiger partial charge on any atom is 0.123 e. The van der Waals surface area contributed by atoms with Crippen LogP contribution < -0.4 is 14.8 Å². The highest BCUT2D eigenvalue weighted by Crippen LogP contribution is 2.38. The van der Waals surface area contributed by atoms with Gasteiger partial charge in [-0.3, -0.25) is 4.90 Å². The monoisotopic (exact) mass is 364 g/mol. The second-order valence-electron chi connectivity index (χ2n) is 5.72. The molecule has 1 aliphatic heterocycles. The van der Waals surface area contributed by atoms with Gasteiger partial charge in [0, 0.05) is 37.8 Å². The van der Waals surface area contributed by atoms with E-state index < -0.39 is 0 Å². The van der Waals surface area contributed by atoms with Crippen LogP contribution in [0.25, 0.3) is 0 Å². The Kier molecular flexibility index (Phi) is 10.7. The normalized spacial score (nSPS) is 17.4. The summed E-state index contributed by atoms with van der Waals surface area (Å²) in [5.74, 6) is 2.43. The van der Waals surface area contributed by atoms with Crippen molar-refractivity contribution >= 4 is 24.8 Å². The Balaban J connectivity index is 0.00000242. The molecule has 0 bridgehead atoms.